The number of hydrogen-bond acceptors (Lipinski definition) is 3. The quantitative estimate of drug-likeness (QED) is 0.350. The van der Waals surface area contributed by atoms with Crippen molar-refractivity contribution in [3.05, 3.63) is 58.0 Å². The Labute approximate surface area is 164 Å². The molecule has 0 spiro atoms. The SMILES string of the molecule is CN=C(NCCNC(=O)Cc1ccc(F)cc1)NCC(C)Cc1cccs1. The van der Waals surface area contributed by atoms with E-state index >= 15 is 0 Å². The van der Waals surface area contributed by atoms with Crippen molar-refractivity contribution < 1.29 is 9.18 Å². The minimum Gasteiger partial charge on any atom is -0.356 e. The van der Waals surface area contributed by atoms with Gasteiger partial charge < -0.3 is 16.0 Å². The Kier molecular flexibility index (Phi) is 8.77. The molecule has 0 bridgehead atoms. The maximum absolute atomic E-state index is 12.9. The highest BCUT2D eigenvalue weighted by atomic mass is 32.1. The van der Waals surface area contributed by atoms with Crippen LogP contribution in [0.5, 0.6) is 0 Å². The van der Waals surface area contributed by atoms with E-state index in [0.29, 0.717) is 19.0 Å². The average molecular weight is 391 g/mol. The summed E-state index contributed by atoms with van der Waals surface area (Å²) >= 11 is 1.78. The Hall–Kier alpha value is -2.41. The first-order chi connectivity index (χ1) is 13.1. The molecule has 1 unspecified atom stereocenters. The van der Waals surface area contributed by atoms with Gasteiger partial charge in [-0.15, -0.1) is 11.3 Å². The van der Waals surface area contributed by atoms with Crippen LogP contribution in [0.15, 0.2) is 46.8 Å². The normalized spacial score (nSPS) is 12.5. The van der Waals surface area contributed by atoms with Crippen LogP contribution >= 0.6 is 11.3 Å². The number of hydrogen-bond donors (Lipinski definition) is 3. The van der Waals surface area contributed by atoms with Gasteiger partial charge in [0.1, 0.15) is 5.82 Å². The Morgan fingerprint density at radius 1 is 1.15 bits per heavy atom. The topological polar surface area (TPSA) is 65.5 Å². The summed E-state index contributed by atoms with van der Waals surface area (Å²) in [7, 11) is 1.73. The highest BCUT2D eigenvalue weighted by Crippen LogP contribution is 2.13. The molecule has 1 aromatic heterocycles. The molecule has 1 aromatic carbocycles. The highest BCUT2D eigenvalue weighted by molar-refractivity contribution is 7.09. The first-order valence-corrected chi connectivity index (χ1v) is 9.93. The second-order valence-corrected chi connectivity index (χ2v) is 7.45. The Morgan fingerprint density at radius 2 is 1.89 bits per heavy atom. The third kappa shape index (κ3) is 8.21. The van der Waals surface area contributed by atoms with E-state index in [4.69, 9.17) is 0 Å². The van der Waals surface area contributed by atoms with Crippen LogP contribution in [-0.4, -0.2) is 38.5 Å². The molecule has 1 atom stereocenters. The lowest BCUT2D eigenvalue weighted by Crippen LogP contribution is -2.43. The van der Waals surface area contributed by atoms with Crippen molar-refractivity contribution in [3.8, 4) is 0 Å². The molecule has 0 saturated heterocycles. The van der Waals surface area contributed by atoms with E-state index < -0.39 is 0 Å². The first-order valence-electron chi connectivity index (χ1n) is 9.05. The van der Waals surface area contributed by atoms with Crippen molar-refractivity contribution in [2.24, 2.45) is 10.9 Å². The van der Waals surface area contributed by atoms with E-state index in [2.05, 4.69) is 45.4 Å². The largest absolute Gasteiger partial charge is 0.356 e. The van der Waals surface area contributed by atoms with E-state index in [-0.39, 0.29) is 18.1 Å². The van der Waals surface area contributed by atoms with Gasteiger partial charge in [-0.3, -0.25) is 9.79 Å². The molecule has 0 aliphatic heterocycles. The molecule has 0 radical (unpaired) electrons. The summed E-state index contributed by atoms with van der Waals surface area (Å²) in [5.41, 5.74) is 0.791. The summed E-state index contributed by atoms with van der Waals surface area (Å²) in [6.07, 6.45) is 1.29. The molecule has 2 aromatic rings. The van der Waals surface area contributed by atoms with Crippen LogP contribution in [-0.2, 0) is 17.6 Å². The maximum atomic E-state index is 12.9. The summed E-state index contributed by atoms with van der Waals surface area (Å²) in [5.74, 6) is 0.835. The van der Waals surface area contributed by atoms with Crippen LogP contribution in [0.2, 0.25) is 0 Å². The molecule has 27 heavy (non-hydrogen) atoms. The molecule has 2 rings (SSSR count). The van der Waals surface area contributed by atoms with Gasteiger partial charge in [0.2, 0.25) is 5.91 Å². The molecule has 5 nitrogen and oxygen atoms in total. The lowest BCUT2D eigenvalue weighted by molar-refractivity contribution is -0.120. The third-order valence-corrected chi connectivity index (χ3v) is 4.89. The zero-order valence-electron chi connectivity index (χ0n) is 15.8. The van der Waals surface area contributed by atoms with Crippen molar-refractivity contribution in [1.82, 2.24) is 16.0 Å². The summed E-state index contributed by atoms with van der Waals surface area (Å²) in [4.78, 5) is 17.5. The predicted octanol–water partition coefficient (Wildman–Crippen LogP) is 2.59. The molecular formula is C20H27FN4OS. The summed E-state index contributed by atoms with van der Waals surface area (Å²) in [6, 6.07) is 10.2. The highest BCUT2D eigenvalue weighted by Gasteiger charge is 2.07. The van der Waals surface area contributed by atoms with Gasteiger partial charge in [-0.05, 0) is 41.5 Å². The minimum atomic E-state index is -0.299. The fourth-order valence-electron chi connectivity index (χ4n) is 2.57. The Bertz CT molecular complexity index is 716. The molecule has 0 saturated carbocycles. The van der Waals surface area contributed by atoms with Gasteiger partial charge in [-0.2, -0.15) is 0 Å². The fourth-order valence-corrected chi connectivity index (χ4v) is 3.44. The van der Waals surface area contributed by atoms with Gasteiger partial charge in [0.25, 0.3) is 0 Å². The number of thiophene rings is 1. The Balaban J connectivity index is 1.60. The van der Waals surface area contributed by atoms with Crippen LogP contribution in [0.1, 0.15) is 17.4 Å². The molecule has 0 aliphatic rings. The molecular weight excluding hydrogens is 363 g/mol. The number of rotatable bonds is 9. The number of benzene rings is 1. The molecule has 146 valence electrons. The molecule has 0 aliphatic carbocycles. The monoisotopic (exact) mass is 390 g/mol. The van der Waals surface area contributed by atoms with E-state index in [1.807, 2.05) is 0 Å². The zero-order valence-corrected chi connectivity index (χ0v) is 16.6. The van der Waals surface area contributed by atoms with Gasteiger partial charge in [0.15, 0.2) is 5.96 Å². The number of nitrogens with one attached hydrogen (secondary N) is 3. The van der Waals surface area contributed by atoms with Crippen LogP contribution in [0.4, 0.5) is 4.39 Å². The van der Waals surface area contributed by atoms with E-state index in [9.17, 15) is 9.18 Å². The molecule has 1 heterocycles. The molecule has 0 fully saturated rings. The second-order valence-electron chi connectivity index (χ2n) is 6.42. The van der Waals surface area contributed by atoms with Gasteiger partial charge >= 0.3 is 0 Å². The number of halogens is 1. The van der Waals surface area contributed by atoms with Gasteiger partial charge in [0.05, 0.1) is 6.42 Å². The van der Waals surface area contributed by atoms with Crippen LogP contribution < -0.4 is 16.0 Å². The predicted molar refractivity (Wildman–Crippen MR) is 110 cm³/mol. The van der Waals surface area contributed by atoms with Crippen LogP contribution in [0, 0.1) is 11.7 Å². The van der Waals surface area contributed by atoms with Gasteiger partial charge in [-0.1, -0.05) is 25.1 Å². The first kappa shape index (κ1) is 20.9. The third-order valence-electron chi connectivity index (χ3n) is 3.99. The standard InChI is InChI=1S/C20H27FN4OS/c1-15(12-18-4-3-11-27-18)14-25-20(22-2)24-10-9-23-19(26)13-16-5-7-17(21)8-6-16/h3-8,11,15H,9-10,12-14H2,1-2H3,(H,23,26)(H2,22,24,25). The maximum Gasteiger partial charge on any atom is 0.224 e. The number of guanidine groups is 1. The van der Waals surface area contributed by atoms with E-state index in [0.717, 1.165) is 24.5 Å². The summed E-state index contributed by atoms with van der Waals surface area (Å²) in [5, 5.41) is 11.4. The van der Waals surface area contributed by atoms with Crippen molar-refractivity contribution in [2.75, 3.05) is 26.7 Å². The molecule has 1 amide bonds. The van der Waals surface area contributed by atoms with E-state index in [1.165, 1.54) is 17.0 Å². The van der Waals surface area contributed by atoms with Crippen LogP contribution in [0.25, 0.3) is 0 Å². The number of carbonyl (C=O) groups is 1. The molecule has 7 heteroatoms. The second kappa shape index (κ2) is 11.3. The Morgan fingerprint density at radius 3 is 2.56 bits per heavy atom. The minimum absolute atomic E-state index is 0.0871. The summed E-state index contributed by atoms with van der Waals surface area (Å²) in [6.45, 7) is 4.10. The van der Waals surface area contributed by atoms with Crippen molar-refractivity contribution >= 4 is 23.2 Å². The number of aliphatic imine (C=N–C) groups is 1. The average Bonchev–Trinajstić information content (AvgIpc) is 3.16. The number of carbonyl (C=O) groups excluding carboxylic acids is 1. The number of nitrogens with zero attached hydrogens (tertiary/aromatic N) is 1. The van der Waals surface area contributed by atoms with Crippen molar-refractivity contribution in [2.45, 2.75) is 19.8 Å². The fraction of sp³-hybridized carbons (Fsp3) is 0.400. The smallest absolute Gasteiger partial charge is 0.224 e. The lowest BCUT2D eigenvalue weighted by atomic mass is 10.1. The van der Waals surface area contributed by atoms with Crippen LogP contribution in [0.3, 0.4) is 0 Å². The summed E-state index contributed by atoms with van der Waals surface area (Å²) < 4.78 is 12.9. The van der Waals surface area contributed by atoms with Gasteiger partial charge in [-0.25, -0.2) is 4.39 Å². The zero-order chi connectivity index (χ0) is 19.5. The van der Waals surface area contributed by atoms with Gasteiger partial charge in [0, 0.05) is 31.6 Å². The van der Waals surface area contributed by atoms with Crippen molar-refractivity contribution in [3.63, 3.8) is 0 Å². The van der Waals surface area contributed by atoms with E-state index in [1.54, 1.807) is 30.5 Å². The molecule has 3 N–H and O–H groups in total. The van der Waals surface area contributed by atoms with Crippen molar-refractivity contribution in [1.29, 1.82) is 0 Å². The lowest BCUT2D eigenvalue weighted by Gasteiger charge is -2.15. The number of amides is 1.